The number of carbonyl (C=O) groups excluding carboxylic acids is 2. The Bertz CT molecular complexity index is 1170. The zero-order valence-electron chi connectivity index (χ0n) is 20.8. The second kappa shape index (κ2) is 12.2. The summed E-state index contributed by atoms with van der Waals surface area (Å²) in [5.74, 6) is -0.676. The van der Waals surface area contributed by atoms with Crippen LogP contribution in [-0.4, -0.2) is 51.0 Å². The van der Waals surface area contributed by atoms with Gasteiger partial charge in [0.25, 0.3) is 0 Å². The molecule has 0 aromatic heterocycles. The molecule has 0 unspecified atom stereocenters. The first-order chi connectivity index (χ1) is 16.8. The Morgan fingerprint density at radius 2 is 1.75 bits per heavy atom. The van der Waals surface area contributed by atoms with Gasteiger partial charge in [-0.3, -0.25) is 13.9 Å². The van der Waals surface area contributed by atoms with E-state index in [0.29, 0.717) is 6.42 Å². The number of halogens is 3. The lowest BCUT2D eigenvalue weighted by molar-refractivity contribution is -0.141. The van der Waals surface area contributed by atoms with Gasteiger partial charge in [-0.05, 0) is 43.5 Å². The van der Waals surface area contributed by atoms with Crippen LogP contribution in [0, 0.1) is 6.92 Å². The number of likely N-dealkylation sites (N-methyl/N-ethyl adjacent to an activating group) is 1. The van der Waals surface area contributed by atoms with Crippen LogP contribution in [0.15, 0.2) is 48.5 Å². The summed E-state index contributed by atoms with van der Waals surface area (Å²) < 4.78 is 65.0. The third-order valence-corrected chi connectivity index (χ3v) is 6.88. The molecule has 1 N–H and O–H groups in total. The molecule has 0 heterocycles. The molecule has 0 bridgehead atoms. The maximum Gasteiger partial charge on any atom is 0.416 e. The number of nitrogens with zero attached hydrogens (tertiary/aromatic N) is 2. The molecule has 0 aliphatic carbocycles. The first-order valence-corrected chi connectivity index (χ1v) is 13.3. The van der Waals surface area contributed by atoms with Gasteiger partial charge in [0.2, 0.25) is 21.8 Å². The van der Waals surface area contributed by atoms with Crippen LogP contribution >= 0.6 is 0 Å². The van der Waals surface area contributed by atoms with Gasteiger partial charge in [0.05, 0.1) is 17.5 Å². The number of hydrogen-bond donors (Lipinski definition) is 1. The van der Waals surface area contributed by atoms with Gasteiger partial charge >= 0.3 is 6.18 Å². The van der Waals surface area contributed by atoms with Gasteiger partial charge in [-0.25, -0.2) is 8.42 Å². The minimum Gasteiger partial charge on any atom is -0.357 e. The highest BCUT2D eigenvalue weighted by Gasteiger charge is 2.32. The number of amides is 2. The summed E-state index contributed by atoms with van der Waals surface area (Å²) in [6, 6.07) is 10.9. The van der Waals surface area contributed by atoms with E-state index in [1.54, 1.807) is 6.92 Å². The maximum absolute atomic E-state index is 13.2. The molecule has 0 aliphatic rings. The minimum absolute atomic E-state index is 0.0522. The highest BCUT2D eigenvalue weighted by molar-refractivity contribution is 7.92. The maximum atomic E-state index is 13.2. The first-order valence-electron chi connectivity index (χ1n) is 11.5. The molecule has 11 heteroatoms. The predicted octanol–water partition coefficient (Wildman–Crippen LogP) is 4.11. The lowest BCUT2D eigenvalue weighted by Gasteiger charge is -2.31. The highest BCUT2D eigenvalue weighted by atomic mass is 32.2. The van der Waals surface area contributed by atoms with Crippen LogP contribution in [0.4, 0.5) is 18.9 Å². The Labute approximate surface area is 210 Å². The highest BCUT2D eigenvalue weighted by Crippen LogP contribution is 2.32. The molecule has 2 aromatic rings. The average Bonchev–Trinajstić information content (AvgIpc) is 2.80. The Morgan fingerprint density at radius 3 is 2.31 bits per heavy atom. The monoisotopic (exact) mass is 527 g/mol. The van der Waals surface area contributed by atoms with Crippen molar-refractivity contribution in [1.29, 1.82) is 0 Å². The number of benzene rings is 2. The summed E-state index contributed by atoms with van der Waals surface area (Å²) in [5, 5.41) is 2.57. The summed E-state index contributed by atoms with van der Waals surface area (Å²) in [6.45, 7) is 3.70. The minimum atomic E-state index is -4.62. The van der Waals surface area contributed by atoms with E-state index in [2.05, 4.69) is 5.32 Å². The molecule has 2 rings (SSSR count). The van der Waals surface area contributed by atoms with Crippen LogP contribution in [0.2, 0.25) is 0 Å². The predicted molar refractivity (Wildman–Crippen MR) is 133 cm³/mol. The van der Waals surface area contributed by atoms with Crippen molar-refractivity contribution in [1.82, 2.24) is 10.2 Å². The van der Waals surface area contributed by atoms with Gasteiger partial charge in [-0.1, -0.05) is 42.8 Å². The zero-order valence-corrected chi connectivity index (χ0v) is 21.6. The third kappa shape index (κ3) is 7.97. The van der Waals surface area contributed by atoms with Crippen molar-refractivity contribution in [2.24, 2.45) is 0 Å². The van der Waals surface area contributed by atoms with Gasteiger partial charge in [0, 0.05) is 26.6 Å². The number of hydrogen-bond acceptors (Lipinski definition) is 4. The SMILES string of the molecule is CC[C@H](C(=O)NC)N(Cc1cccc(C)c1)C(=O)CCCN(c1cccc(C(F)(F)F)c1)S(C)(=O)=O. The second-order valence-corrected chi connectivity index (χ2v) is 10.4. The normalized spacial score (nSPS) is 12.6. The van der Waals surface area contributed by atoms with E-state index < -0.39 is 27.8 Å². The molecule has 0 fully saturated rings. The summed E-state index contributed by atoms with van der Waals surface area (Å²) in [6.07, 6.45) is -3.39. The Balaban J connectivity index is 2.23. The Hall–Kier alpha value is -3.08. The van der Waals surface area contributed by atoms with Gasteiger partial charge in [-0.2, -0.15) is 13.2 Å². The molecule has 0 aliphatic heterocycles. The van der Waals surface area contributed by atoms with E-state index in [4.69, 9.17) is 0 Å². The van der Waals surface area contributed by atoms with E-state index >= 15 is 0 Å². The smallest absolute Gasteiger partial charge is 0.357 e. The Morgan fingerprint density at radius 1 is 1.08 bits per heavy atom. The molecule has 7 nitrogen and oxygen atoms in total. The molecule has 2 aromatic carbocycles. The molecule has 0 radical (unpaired) electrons. The third-order valence-electron chi connectivity index (χ3n) is 5.68. The van der Waals surface area contributed by atoms with Gasteiger partial charge in [-0.15, -0.1) is 0 Å². The first kappa shape index (κ1) is 29.2. The van der Waals surface area contributed by atoms with Crippen molar-refractivity contribution in [3.63, 3.8) is 0 Å². The molecule has 0 saturated carbocycles. The van der Waals surface area contributed by atoms with Crippen LogP contribution in [-0.2, 0) is 32.3 Å². The van der Waals surface area contributed by atoms with Crippen LogP contribution in [0.1, 0.15) is 42.9 Å². The van der Waals surface area contributed by atoms with E-state index in [0.717, 1.165) is 39.9 Å². The van der Waals surface area contributed by atoms with E-state index in [-0.39, 0.29) is 43.4 Å². The second-order valence-electron chi connectivity index (χ2n) is 8.54. The quantitative estimate of drug-likeness (QED) is 0.477. The number of aryl methyl sites for hydroxylation is 1. The van der Waals surface area contributed by atoms with Crippen molar-refractivity contribution < 1.29 is 31.2 Å². The lowest BCUT2D eigenvalue weighted by atomic mass is 10.1. The zero-order chi connectivity index (χ0) is 27.1. The van der Waals surface area contributed by atoms with Gasteiger partial charge < -0.3 is 10.2 Å². The molecule has 198 valence electrons. The molecular weight excluding hydrogens is 495 g/mol. The Kier molecular flexibility index (Phi) is 9.92. The number of sulfonamides is 1. The van der Waals surface area contributed by atoms with Crippen LogP contribution in [0.5, 0.6) is 0 Å². The molecule has 0 spiro atoms. The summed E-state index contributed by atoms with van der Waals surface area (Å²) in [4.78, 5) is 27.2. The van der Waals surface area contributed by atoms with E-state index in [1.165, 1.54) is 18.0 Å². The summed E-state index contributed by atoms with van der Waals surface area (Å²) in [5.41, 5.74) is 0.740. The number of rotatable bonds is 11. The van der Waals surface area contributed by atoms with E-state index in [9.17, 15) is 31.2 Å². The standard InChI is InChI=1S/C25H32F3N3O4S/c1-5-22(24(33)29-3)30(17-19-10-6-9-18(2)15-19)23(32)13-8-14-31(36(4,34)35)21-12-7-11-20(16-21)25(26,27)28/h6-7,9-12,15-16,22H,5,8,13-14,17H2,1-4H3,(H,29,33)/t22-/m1/s1. The molecule has 36 heavy (non-hydrogen) atoms. The molecular formula is C25H32F3N3O4S. The average molecular weight is 528 g/mol. The van der Waals surface area contributed by atoms with Gasteiger partial charge in [0.1, 0.15) is 6.04 Å². The summed E-state index contributed by atoms with van der Waals surface area (Å²) >= 11 is 0. The van der Waals surface area contributed by atoms with E-state index in [1.807, 2.05) is 31.2 Å². The van der Waals surface area contributed by atoms with Crippen LogP contribution in [0.25, 0.3) is 0 Å². The summed E-state index contributed by atoms with van der Waals surface area (Å²) in [7, 11) is -2.43. The molecule has 0 saturated heterocycles. The van der Waals surface area contributed by atoms with Crippen molar-refractivity contribution >= 4 is 27.5 Å². The molecule has 1 atom stereocenters. The van der Waals surface area contributed by atoms with Crippen molar-refractivity contribution in [3.8, 4) is 0 Å². The molecule has 2 amide bonds. The fourth-order valence-electron chi connectivity index (χ4n) is 3.93. The van der Waals surface area contributed by atoms with Gasteiger partial charge in [0.15, 0.2) is 0 Å². The number of nitrogens with one attached hydrogen (secondary N) is 1. The fraction of sp³-hybridized carbons (Fsp3) is 0.440. The van der Waals surface area contributed by atoms with Crippen molar-refractivity contribution in [2.45, 2.75) is 51.9 Å². The van der Waals surface area contributed by atoms with Crippen molar-refractivity contribution in [2.75, 3.05) is 24.2 Å². The lowest BCUT2D eigenvalue weighted by Crippen LogP contribution is -2.48. The number of carbonyl (C=O) groups is 2. The van der Waals surface area contributed by atoms with Crippen LogP contribution < -0.4 is 9.62 Å². The number of anilines is 1. The van der Waals surface area contributed by atoms with Crippen molar-refractivity contribution in [3.05, 3.63) is 65.2 Å². The fourth-order valence-corrected chi connectivity index (χ4v) is 4.89. The number of alkyl halides is 3. The topological polar surface area (TPSA) is 86.8 Å². The largest absolute Gasteiger partial charge is 0.416 e. The van der Waals surface area contributed by atoms with Crippen LogP contribution in [0.3, 0.4) is 0 Å².